The van der Waals surface area contributed by atoms with Gasteiger partial charge in [-0.25, -0.2) is 0 Å². The van der Waals surface area contributed by atoms with Crippen LogP contribution in [-0.4, -0.2) is 27.4 Å². The molecule has 0 aliphatic carbocycles. The molecular weight excluding hydrogens is 122 g/mol. The average Bonchev–Trinajstić information content (AvgIpc) is 1.85. The Balaban J connectivity index is 3.14. The standard InChI is InChI=1S/C3H6B2O4/c1-3(9-5-7)2-8-4-6/h3H,2H2,1H3. The summed E-state index contributed by atoms with van der Waals surface area (Å²) in [5.41, 5.74) is 0. The second-order valence-corrected chi connectivity index (χ2v) is 1.47. The van der Waals surface area contributed by atoms with Crippen molar-refractivity contribution in [2.45, 2.75) is 13.0 Å². The van der Waals surface area contributed by atoms with Gasteiger partial charge in [0.15, 0.2) is 0 Å². The molecule has 48 valence electrons. The Morgan fingerprint density at radius 1 is 1.44 bits per heavy atom. The van der Waals surface area contributed by atoms with E-state index in [1.54, 1.807) is 6.92 Å². The molecule has 0 aliphatic rings. The zero-order valence-corrected chi connectivity index (χ0v) is 5.07. The quantitative estimate of drug-likeness (QED) is 0.460. The van der Waals surface area contributed by atoms with Crippen LogP contribution in [0.4, 0.5) is 0 Å². The van der Waals surface area contributed by atoms with Crippen LogP contribution in [0.25, 0.3) is 0 Å². The molecule has 0 bridgehead atoms. The molecule has 0 amide bonds. The summed E-state index contributed by atoms with van der Waals surface area (Å²) in [5, 5.41) is 0. The van der Waals surface area contributed by atoms with Gasteiger partial charge in [-0.2, -0.15) is 0 Å². The third kappa shape index (κ3) is 5.20. The molecule has 0 aliphatic heterocycles. The molecule has 0 radical (unpaired) electrons. The van der Waals surface area contributed by atoms with Crippen LogP contribution in [0, 0.1) is 0 Å². The molecule has 1 unspecified atom stereocenters. The van der Waals surface area contributed by atoms with Crippen molar-refractivity contribution in [2.75, 3.05) is 6.61 Å². The molecule has 1 atom stereocenters. The Hall–Kier alpha value is -0.670. The van der Waals surface area contributed by atoms with Gasteiger partial charge >= 0.3 is 53.1 Å². The summed E-state index contributed by atoms with van der Waals surface area (Å²) in [6.45, 7) is 1.74. The van der Waals surface area contributed by atoms with Gasteiger partial charge in [0.25, 0.3) is 0 Å². The van der Waals surface area contributed by atoms with Crippen molar-refractivity contribution in [2.24, 2.45) is 0 Å². The summed E-state index contributed by atoms with van der Waals surface area (Å²) in [5.74, 6) is 0. The van der Waals surface area contributed by atoms with Gasteiger partial charge in [-0.05, 0) is 0 Å². The molecule has 0 spiro atoms. The van der Waals surface area contributed by atoms with E-state index in [1.807, 2.05) is 0 Å². The van der Waals surface area contributed by atoms with Crippen molar-refractivity contribution in [1.29, 1.82) is 0 Å². The Bertz CT molecular complexity index is 95.8. The van der Waals surface area contributed by atoms with Gasteiger partial charge < -0.3 is 0 Å². The first kappa shape index (κ1) is 8.33. The minimum atomic E-state index is -0.354. The fraction of sp³-hybridized carbons (Fsp3) is 1.00. The molecule has 0 saturated carbocycles. The zero-order chi connectivity index (χ0) is 7.11. The second-order valence-electron chi connectivity index (χ2n) is 1.47. The van der Waals surface area contributed by atoms with Gasteiger partial charge in [-0.3, -0.25) is 0 Å². The summed E-state index contributed by atoms with van der Waals surface area (Å²) in [4.78, 5) is 0. The molecule has 6 heteroatoms. The van der Waals surface area contributed by atoms with Gasteiger partial charge in [-0.15, -0.1) is 0 Å². The summed E-state index contributed by atoms with van der Waals surface area (Å²) < 4.78 is 27.8. The number of hydrogen-bond donors (Lipinski definition) is 0. The van der Waals surface area contributed by atoms with E-state index in [4.69, 9.17) is 0 Å². The van der Waals surface area contributed by atoms with Crippen molar-refractivity contribution < 1.29 is 18.7 Å². The molecule has 0 fully saturated rings. The molecule has 0 aromatic heterocycles. The molecule has 9 heavy (non-hydrogen) atoms. The summed E-state index contributed by atoms with van der Waals surface area (Å²) >= 11 is 0. The average molecular weight is 128 g/mol. The van der Waals surface area contributed by atoms with Crippen LogP contribution in [0.2, 0.25) is 0 Å². The molecule has 0 N–H and O–H groups in total. The van der Waals surface area contributed by atoms with Crippen LogP contribution in [0.1, 0.15) is 6.92 Å². The monoisotopic (exact) mass is 128 g/mol. The molecule has 0 aromatic carbocycles. The molecule has 0 saturated heterocycles. The van der Waals surface area contributed by atoms with Crippen molar-refractivity contribution in [3.8, 4) is 0 Å². The Morgan fingerprint density at radius 3 is 2.56 bits per heavy atom. The Kier molecular flexibility index (Phi) is 5.06. The first-order valence-corrected chi connectivity index (χ1v) is 2.45. The molecule has 0 rings (SSSR count). The van der Waals surface area contributed by atoms with Crippen molar-refractivity contribution in [1.82, 2.24) is 0 Å². The van der Waals surface area contributed by atoms with E-state index in [0.29, 0.717) is 14.7 Å². The van der Waals surface area contributed by atoms with E-state index >= 15 is 0 Å². The van der Waals surface area contributed by atoms with Gasteiger partial charge in [0.1, 0.15) is 0 Å². The van der Waals surface area contributed by atoms with Crippen LogP contribution in [0.15, 0.2) is 0 Å². The van der Waals surface area contributed by atoms with E-state index < -0.39 is 0 Å². The van der Waals surface area contributed by atoms with Crippen molar-refractivity contribution in [3.63, 3.8) is 0 Å². The Morgan fingerprint density at radius 2 is 2.11 bits per heavy atom. The van der Waals surface area contributed by atoms with Crippen LogP contribution >= 0.6 is 0 Å². The minimum absolute atomic E-state index is 0.113. The van der Waals surface area contributed by atoms with Gasteiger partial charge in [-0.1, -0.05) is 0 Å². The van der Waals surface area contributed by atoms with Gasteiger partial charge in [0.05, 0.1) is 0 Å². The first-order valence-electron chi connectivity index (χ1n) is 2.45. The summed E-state index contributed by atoms with van der Waals surface area (Å²) in [6, 6.07) is 0. The van der Waals surface area contributed by atoms with Crippen LogP contribution in [-0.2, 0) is 18.7 Å². The number of hydrogen-bond acceptors (Lipinski definition) is 4. The SMILES string of the molecule is CC(COB=O)OB=O. The number of rotatable bonds is 5. The second kappa shape index (κ2) is 5.47. The van der Waals surface area contributed by atoms with Crippen LogP contribution in [0.5, 0.6) is 0 Å². The maximum absolute atomic E-state index is 9.61. The van der Waals surface area contributed by atoms with E-state index in [9.17, 15) is 9.41 Å². The summed E-state index contributed by atoms with van der Waals surface area (Å²) in [7, 11) is 0.628. The fourth-order valence-corrected chi connectivity index (χ4v) is 0.309. The van der Waals surface area contributed by atoms with E-state index in [1.165, 1.54) is 0 Å². The fourth-order valence-electron chi connectivity index (χ4n) is 0.309. The van der Waals surface area contributed by atoms with Crippen molar-refractivity contribution in [3.05, 3.63) is 0 Å². The molecule has 4 nitrogen and oxygen atoms in total. The topological polar surface area (TPSA) is 52.6 Å². The molecular formula is C3H6B2O4. The third-order valence-electron chi connectivity index (χ3n) is 0.687. The maximum atomic E-state index is 9.61. The normalized spacial score (nSPS) is 10.8. The zero-order valence-electron chi connectivity index (χ0n) is 5.07. The van der Waals surface area contributed by atoms with Crippen LogP contribution < -0.4 is 0 Å². The molecule has 0 aromatic rings. The summed E-state index contributed by atoms with van der Waals surface area (Å²) in [6.07, 6.45) is -0.354. The van der Waals surface area contributed by atoms with E-state index in [0.717, 1.165) is 0 Å². The van der Waals surface area contributed by atoms with E-state index in [-0.39, 0.29) is 12.7 Å². The third-order valence-corrected chi connectivity index (χ3v) is 0.687. The van der Waals surface area contributed by atoms with Gasteiger partial charge in [0.2, 0.25) is 0 Å². The van der Waals surface area contributed by atoms with Crippen LogP contribution in [0.3, 0.4) is 0 Å². The predicted octanol–water partition coefficient (Wildman–Crippen LogP) is -0.663. The van der Waals surface area contributed by atoms with Crippen molar-refractivity contribution >= 4 is 14.7 Å². The predicted molar refractivity (Wildman–Crippen MR) is 29.4 cm³/mol. The van der Waals surface area contributed by atoms with E-state index in [2.05, 4.69) is 9.31 Å². The van der Waals surface area contributed by atoms with Gasteiger partial charge in [0, 0.05) is 0 Å². The Labute approximate surface area is 54.1 Å². The first-order chi connectivity index (χ1) is 4.31. The molecule has 0 heterocycles.